The topological polar surface area (TPSA) is 103 Å². The van der Waals surface area contributed by atoms with E-state index in [1.165, 1.54) is 0 Å². The highest BCUT2D eigenvalue weighted by Crippen LogP contribution is 2.23. The third-order valence-corrected chi connectivity index (χ3v) is 2.39. The van der Waals surface area contributed by atoms with Crippen molar-refractivity contribution in [3.8, 4) is 0 Å². The molecule has 0 aromatic rings. The quantitative estimate of drug-likeness (QED) is 0.337. The third-order valence-electron chi connectivity index (χ3n) is 2.39. The summed E-state index contributed by atoms with van der Waals surface area (Å²) in [6, 6.07) is -0.386. The van der Waals surface area contributed by atoms with E-state index < -0.39 is 12.4 Å². The Morgan fingerprint density at radius 2 is 2.38 bits per heavy atom. The summed E-state index contributed by atoms with van der Waals surface area (Å²) in [4.78, 5) is 3.96. The minimum atomic E-state index is -0.717. The summed E-state index contributed by atoms with van der Waals surface area (Å²) in [6.45, 7) is 5.69. The van der Waals surface area contributed by atoms with Crippen LogP contribution in [0.3, 0.4) is 0 Å². The van der Waals surface area contributed by atoms with Gasteiger partial charge in [0.2, 0.25) is 0 Å². The Bertz CT molecular complexity index is 266. The number of nitrogens with two attached hydrogens (primary N) is 2. The SMILES string of the molecule is C=CCOC1CC(N=C(N)N)C(O)C(C)O1. The van der Waals surface area contributed by atoms with Gasteiger partial charge in [-0.15, -0.1) is 6.58 Å². The van der Waals surface area contributed by atoms with Crippen molar-refractivity contribution >= 4 is 5.96 Å². The molecule has 0 spiro atoms. The highest BCUT2D eigenvalue weighted by molar-refractivity contribution is 5.75. The van der Waals surface area contributed by atoms with Crippen LogP contribution in [0.15, 0.2) is 17.6 Å². The maximum Gasteiger partial charge on any atom is 0.186 e. The monoisotopic (exact) mass is 229 g/mol. The van der Waals surface area contributed by atoms with Crippen LogP contribution in [-0.2, 0) is 9.47 Å². The van der Waals surface area contributed by atoms with Gasteiger partial charge in [0.25, 0.3) is 0 Å². The molecule has 1 heterocycles. The van der Waals surface area contributed by atoms with Crippen LogP contribution in [0.5, 0.6) is 0 Å². The first kappa shape index (κ1) is 13.0. The zero-order valence-corrected chi connectivity index (χ0v) is 9.37. The van der Waals surface area contributed by atoms with Gasteiger partial charge in [0.05, 0.1) is 18.8 Å². The maximum absolute atomic E-state index is 9.81. The van der Waals surface area contributed by atoms with E-state index in [-0.39, 0.29) is 18.1 Å². The fourth-order valence-electron chi connectivity index (χ4n) is 1.63. The molecule has 1 aliphatic heterocycles. The van der Waals surface area contributed by atoms with Crippen LogP contribution < -0.4 is 11.5 Å². The van der Waals surface area contributed by atoms with Crippen molar-refractivity contribution in [3.05, 3.63) is 12.7 Å². The fraction of sp³-hybridized carbons (Fsp3) is 0.700. The second kappa shape index (κ2) is 5.83. The lowest BCUT2D eigenvalue weighted by Crippen LogP contribution is -2.48. The zero-order chi connectivity index (χ0) is 12.1. The number of aliphatic hydroxyl groups excluding tert-OH is 1. The molecule has 5 N–H and O–H groups in total. The minimum Gasteiger partial charge on any atom is -0.388 e. The molecule has 4 atom stereocenters. The van der Waals surface area contributed by atoms with E-state index in [4.69, 9.17) is 20.9 Å². The van der Waals surface area contributed by atoms with Gasteiger partial charge in [0, 0.05) is 6.42 Å². The molecule has 0 aromatic carbocycles. The Labute approximate surface area is 94.9 Å². The standard InChI is InChI=1S/C10H19N3O3/c1-3-4-15-8-5-7(13-10(11)12)9(14)6(2)16-8/h3,6-9,14H,1,4-5H2,2H3,(H4,11,12,13). The number of hydrogen-bond donors (Lipinski definition) is 3. The van der Waals surface area contributed by atoms with E-state index in [9.17, 15) is 5.11 Å². The largest absolute Gasteiger partial charge is 0.388 e. The number of guanidine groups is 1. The number of aliphatic imine (C=N–C) groups is 1. The lowest BCUT2D eigenvalue weighted by Gasteiger charge is -2.35. The number of ether oxygens (including phenoxy) is 2. The van der Waals surface area contributed by atoms with Gasteiger partial charge in [-0.2, -0.15) is 0 Å². The molecule has 6 heteroatoms. The average Bonchev–Trinajstić information content (AvgIpc) is 2.21. The molecule has 1 saturated heterocycles. The maximum atomic E-state index is 9.81. The van der Waals surface area contributed by atoms with Crippen LogP contribution in [0.4, 0.5) is 0 Å². The van der Waals surface area contributed by atoms with E-state index in [1.807, 2.05) is 0 Å². The fourth-order valence-corrected chi connectivity index (χ4v) is 1.63. The van der Waals surface area contributed by atoms with E-state index in [1.54, 1.807) is 13.0 Å². The second-order valence-corrected chi connectivity index (χ2v) is 3.74. The zero-order valence-electron chi connectivity index (χ0n) is 9.37. The van der Waals surface area contributed by atoms with Gasteiger partial charge in [-0.05, 0) is 6.92 Å². The van der Waals surface area contributed by atoms with Gasteiger partial charge < -0.3 is 26.0 Å². The summed E-state index contributed by atoms with van der Waals surface area (Å²) in [7, 11) is 0. The van der Waals surface area contributed by atoms with Crippen LogP contribution in [-0.4, -0.2) is 42.2 Å². The Balaban J connectivity index is 2.61. The number of hydrogen-bond acceptors (Lipinski definition) is 4. The van der Waals surface area contributed by atoms with Crippen molar-refractivity contribution in [2.75, 3.05) is 6.61 Å². The van der Waals surface area contributed by atoms with Crippen LogP contribution in [0.25, 0.3) is 0 Å². The number of rotatable bonds is 4. The van der Waals surface area contributed by atoms with Gasteiger partial charge in [-0.25, -0.2) is 4.99 Å². The van der Waals surface area contributed by atoms with Crippen LogP contribution in [0.2, 0.25) is 0 Å². The molecule has 1 aliphatic rings. The van der Waals surface area contributed by atoms with Crippen molar-refractivity contribution in [2.45, 2.75) is 37.9 Å². The lowest BCUT2D eigenvalue weighted by atomic mass is 10.0. The molecule has 92 valence electrons. The van der Waals surface area contributed by atoms with E-state index in [0.717, 1.165) is 0 Å². The van der Waals surface area contributed by atoms with Gasteiger partial charge >= 0.3 is 0 Å². The second-order valence-electron chi connectivity index (χ2n) is 3.74. The van der Waals surface area contributed by atoms with Crippen molar-refractivity contribution in [1.29, 1.82) is 0 Å². The van der Waals surface area contributed by atoms with Gasteiger partial charge in [0.15, 0.2) is 12.2 Å². The Morgan fingerprint density at radius 1 is 1.69 bits per heavy atom. The van der Waals surface area contributed by atoms with E-state index in [2.05, 4.69) is 11.6 Å². The summed E-state index contributed by atoms with van der Waals surface area (Å²) >= 11 is 0. The summed E-state index contributed by atoms with van der Waals surface area (Å²) in [5.74, 6) is -0.0411. The first-order chi connectivity index (χ1) is 7.54. The Hall–Kier alpha value is -1.11. The van der Waals surface area contributed by atoms with Gasteiger partial charge in [-0.1, -0.05) is 6.08 Å². The molecule has 1 rings (SSSR count). The minimum absolute atomic E-state index is 0.0411. The number of nitrogens with zero attached hydrogens (tertiary/aromatic N) is 1. The predicted molar refractivity (Wildman–Crippen MR) is 60.7 cm³/mol. The highest BCUT2D eigenvalue weighted by Gasteiger charge is 2.35. The summed E-state index contributed by atoms with van der Waals surface area (Å²) in [6.07, 6.45) is 0.568. The van der Waals surface area contributed by atoms with Crippen molar-refractivity contribution in [1.82, 2.24) is 0 Å². The Morgan fingerprint density at radius 3 is 2.94 bits per heavy atom. The van der Waals surface area contributed by atoms with Crippen LogP contribution >= 0.6 is 0 Å². The number of aliphatic hydroxyl groups is 1. The predicted octanol–water partition coefficient (Wildman–Crippen LogP) is -0.673. The summed E-state index contributed by atoms with van der Waals surface area (Å²) in [5.41, 5.74) is 10.6. The smallest absolute Gasteiger partial charge is 0.186 e. The van der Waals surface area contributed by atoms with E-state index in [0.29, 0.717) is 13.0 Å². The molecule has 16 heavy (non-hydrogen) atoms. The Kier molecular flexibility index (Phi) is 4.72. The highest BCUT2D eigenvalue weighted by atomic mass is 16.7. The third kappa shape index (κ3) is 3.48. The summed E-state index contributed by atoms with van der Waals surface area (Å²) in [5, 5.41) is 9.81. The van der Waals surface area contributed by atoms with Gasteiger partial charge in [0.1, 0.15) is 6.10 Å². The van der Waals surface area contributed by atoms with Crippen molar-refractivity contribution in [3.63, 3.8) is 0 Å². The molecule has 0 saturated carbocycles. The van der Waals surface area contributed by atoms with Crippen LogP contribution in [0, 0.1) is 0 Å². The molecule has 0 aliphatic carbocycles. The first-order valence-corrected chi connectivity index (χ1v) is 5.19. The molecule has 4 unspecified atom stereocenters. The molecular weight excluding hydrogens is 210 g/mol. The normalized spacial score (nSPS) is 34.4. The molecule has 1 fully saturated rings. The first-order valence-electron chi connectivity index (χ1n) is 5.19. The van der Waals surface area contributed by atoms with Gasteiger partial charge in [-0.3, -0.25) is 0 Å². The van der Waals surface area contributed by atoms with Crippen LogP contribution in [0.1, 0.15) is 13.3 Å². The molecule has 0 aromatic heterocycles. The molecule has 0 amide bonds. The van der Waals surface area contributed by atoms with Crippen molar-refractivity contribution < 1.29 is 14.6 Å². The molecular formula is C10H19N3O3. The van der Waals surface area contributed by atoms with Crippen molar-refractivity contribution in [2.24, 2.45) is 16.5 Å². The molecule has 0 bridgehead atoms. The lowest BCUT2D eigenvalue weighted by molar-refractivity contribution is -0.217. The summed E-state index contributed by atoms with van der Waals surface area (Å²) < 4.78 is 10.8. The molecule has 0 radical (unpaired) electrons. The molecule has 6 nitrogen and oxygen atoms in total. The average molecular weight is 229 g/mol. The van der Waals surface area contributed by atoms with E-state index >= 15 is 0 Å².